The van der Waals surface area contributed by atoms with Crippen LogP contribution in [0, 0.1) is 5.92 Å². The third-order valence-corrected chi connectivity index (χ3v) is 5.44. The van der Waals surface area contributed by atoms with E-state index in [0.717, 1.165) is 5.56 Å². The smallest absolute Gasteiger partial charge is 0.227 e. The quantitative estimate of drug-likeness (QED) is 0.861. The first kappa shape index (κ1) is 19.9. The molecule has 130 valence electrons. The minimum atomic E-state index is -3.18. The lowest BCUT2D eigenvalue weighted by atomic mass is 9.94. The van der Waals surface area contributed by atoms with Crippen LogP contribution in [0.1, 0.15) is 18.5 Å². The largest absolute Gasteiger partial charge is 0.340 e. The summed E-state index contributed by atoms with van der Waals surface area (Å²) < 4.78 is 24.4. The highest BCUT2D eigenvalue weighted by molar-refractivity contribution is 7.88. The second-order valence-electron chi connectivity index (χ2n) is 5.71. The molecule has 2 N–H and O–H groups in total. The Morgan fingerprint density at radius 2 is 1.65 bits per heavy atom. The summed E-state index contributed by atoms with van der Waals surface area (Å²) >= 11 is 0. The van der Waals surface area contributed by atoms with Gasteiger partial charge in [-0.25, -0.2) is 8.42 Å². The van der Waals surface area contributed by atoms with Gasteiger partial charge in [0, 0.05) is 32.2 Å². The number of halogens is 1. The minimum absolute atomic E-state index is 0. The van der Waals surface area contributed by atoms with E-state index in [9.17, 15) is 13.2 Å². The van der Waals surface area contributed by atoms with Crippen LogP contribution in [0.2, 0.25) is 0 Å². The molecule has 8 heteroatoms. The average molecular weight is 362 g/mol. The summed E-state index contributed by atoms with van der Waals surface area (Å²) in [5.41, 5.74) is 7.12. The number of carbonyl (C=O) groups is 1. The van der Waals surface area contributed by atoms with Gasteiger partial charge in [0.15, 0.2) is 0 Å². The number of nitrogens with two attached hydrogens (primary N) is 1. The van der Waals surface area contributed by atoms with E-state index in [1.54, 1.807) is 4.90 Å². The van der Waals surface area contributed by atoms with Gasteiger partial charge in [-0.15, -0.1) is 12.4 Å². The number of carbonyl (C=O) groups excluding carboxylic acids is 1. The topological polar surface area (TPSA) is 83.7 Å². The van der Waals surface area contributed by atoms with Crippen molar-refractivity contribution in [2.24, 2.45) is 11.7 Å². The van der Waals surface area contributed by atoms with Gasteiger partial charge in [0.2, 0.25) is 15.9 Å². The summed E-state index contributed by atoms with van der Waals surface area (Å²) in [7, 11) is -3.18. The Kier molecular flexibility index (Phi) is 7.01. The highest BCUT2D eigenvalue weighted by atomic mass is 35.5. The molecule has 1 fully saturated rings. The summed E-state index contributed by atoms with van der Waals surface area (Å²) in [5, 5.41) is 0. The van der Waals surface area contributed by atoms with Gasteiger partial charge in [-0.2, -0.15) is 4.31 Å². The molecule has 2 rings (SSSR count). The molecular formula is C15H24ClN3O3S. The van der Waals surface area contributed by atoms with E-state index >= 15 is 0 Å². The Hall–Kier alpha value is -1.15. The fraction of sp³-hybridized carbons (Fsp3) is 0.533. The lowest BCUT2D eigenvalue weighted by molar-refractivity contribution is -0.136. The van der Waals surface area contributed by atoms with Crippen molar-refractivity contribution in [3.05, 3.63) is 35.9 Å². The van der Waals surface area contributed by atoms with E-state index in [2.05, 4.69) is 0 Å². The Labute approximate surface area is 144 Å². The second-order valence-corrected chi connectivity index (χ2v) is 7.69. The lowest BCUT2D eigenvalue weighted by Crippen LogP contribution is -2.52. The number of nitrogens with zero attached hydrogens (tertiary/aromatic N) is 2. The van der Waals surface area contributed by atoms with E-state index in [1.807, 2.05) is 37.3 Å². The van der Waals surface area contributed by atoms with Gasteiger partial charge in [-0.1, -0.05) is 37.3 Å². The Balaban J connectivity index is 0.00000264. The molecule has 1 aromatic carbocycles. The van der Waals surface area contributed by atoms with E-state index < -0.39 is 10.0 Å². The molecule has 1 aromatic rings. The highest BCUT2D eigenvalue weighted by Crippen LogP contribution is 2.21. The summed E-state index contributed by atoms with van der Waals surface area (Å²) in [6, 6.07) is 9.18. The van der Waals surface area contributed by atoms with Crippen molar-refractivity contribution in [3.63, 3.8) is 0 Å². The molecule has 1 heterocycles. The summed E-state index contributed by atoms with van der Waals surface area (Å²) in [6.45, 7) is 3.34. The Bertz CT molecular complexity index is 616. The third-order valence-electron chi connectivity index (χ3n) is 4.13. The van der Waals surface area contributed by atoms with Gasteiger partial charge in [-0.05, 0) is 5.56 Å². The monoisotopic (exact) mass is 361 g/mol. The molecule has 1 aliphatic heterocycles. The van der Waals surface area contributed by atoms with Crippen molar-refractivity contribution in [3.8, 4) is 0 Å². The molecule has 1 saturated heterocycles. The zero-order valence-electron chi connectivity index (χ0n) is 13.4. The van der Waals surface area contributed by atoms with Crippen molar-refractivity contribution >= 4 is 28.3 Å². The lowest BCUT2D eigenvalue weighted by Gasteiger charge is -2.35. The molecule has 0 spiro atoms. The fourth-order valence-electron chi connectivity index (χ4n) is 2.65. The van der Waals surface area contributed by atoms with Crippen LogP contribution in [0.5, 0.6) is 0 Å². The molecule has 6 nitrogen and oxygen atoms in total. The van der Waals surface area contributed by atoms with E-state index in [1.165, 1.54) is 10.6 Å². The molecule has 23 heavy (non-hydrogen) atoms. The van der Waals surface area contributed by atoms with Gasteiger partial charge < -0.3 is 10.6 Å². The summed E-state index contributed by atoms with van der Waals surface area (Å²) in [5.74, 6) is -0.364. The Morgan fingerprint density at radius 3 is 2.13 bits per heavy atom. The van der Waals surface area contributed by atoms with Crippen LogP contribution in [0.25, 0.3) is 0 Å². The van der Waals surface area contributed by atoms with Crippen molar-refractivity contribution in [1.82, 2.24) is 9.21 Å². The van der Waals surface area contributed by atoms with Crippen LogP contribution < -0.4 is 5.73 Å². The van der Waals surface area contributed by atoms with Gasteiger partial charge >= 0.3 is 0 Å². The van der Waals surface area contributed by atoms with Crippen molar-refractivity contribution in [2.75, 3.05) is 32.4 Å². The molecule has 1 amide bonds. The molecule has 0 aliphatic carbocycles. The van der Waals surface area contributed by atoms with Crippen molar-refractivity contribution < 1.29 is 13.2 Å². The van der Waals surface area contributed by atoms with Crippen LogP contribution in [0.15, 0.2) is 30.3 Å². The molecule has 0 saturated carbocycles. The van der Waals surface area contributed by atoms with Crippen LogP contribution in [0.4, 0.5) is 0 Å². The van der Waals surface area contributed by atoms with E-state index in [0.29, 0.717) is 26.2 Å². The molecule has 1 aliphatic rings. The molecule has 2 atom stereocenters. The number of rotatable bonds is 4. The first-order valence-electron chi connectivity index (χ1n) is 7.35. The number of hydrogen-bond acceptors (Lipinski definition) is 4. The third kappa shape index (κ3) is 4.91. The first-order chi connectivity index (χ1) is 10.3. The van der Waals surface area contributed by atoms with Gasteiger partial charge in [0.1, 0.15) is 0 Å². The average Bonchev–Trinajstić information content (AvgIpc) is 2.53. The standard InChI is InChI=1S/C15H23N3O3S.ClH/c1-12(14(16)13-6-4-3-5-7-13)15(19)17-8-10-18(11-9-17)22(2,20)21;/h3-7,12,14H,8-11,16H2,1-2H3;1H. The zero-order valence-corrected chi connectivity index (χ0v) is 15.0. The number of piperazine rings is 1. The fourth-order valence-corrected chi connectivity index (χ4v) is 3.47. The SMILES string of the molecule is CC(C(=O)N1CCN(S(C)(=O)=O)CC1)C(N)c1ccccc1.Cl. The second kappa shape index (κ2) is 8.10. The van der Waals surface area contributed by atoms with Gasteiger partial charge in [-0.3, -0.25) is 4.79 Å². The maximum absolute atomic E-state index is 12.5. The number of sulfonamides is 1. The number of benzene rings is 1. The molecule has 0 bridgehead atoms. The maximum atomic E-state index is 12.5. The molecule has 2 unspecified atom stereocenters. The maximum Gasteiger partial charge on any atom is 0.227 e. The van der Waals surface area contributed by atoms with Gasteiger partial charge in [0.05, 0.1) is 12.2 Å². The van der Waals surface area contributed by atoms with Crippen molar-refractivity contribution in [2.45, 2.75) is 13.0 Å². The summed E-state index contributed by atoms with van der Waals surface area (Å²) in [4.78, 5) is 14.3. The van der Waals surface area contributed by atoms with E-state index in [-0.39, 0.29) is 30.3 Å². The normalized spacial score (nSPS) is 18.8. The minimum Gasteiger partial charge on any atom is -0.340 e. The first-order valence-corrected chi connectivity index (χ1v) is 9.20. The summed E-state index contributed by atoms with van der Waals surface area (Å²) in [6.07, 6.45) is 1.19. The molecule has 0 radical (unpaired) electrons. The molecule has 0 aromatic heterocycles. The molecular weight excluding hydrogens is 338 g/mol. The van der Waals surface area contributed by atoms with Gasteiger partial charge in [0.25, 0.3) is 0 Å². The number of amides is 1. The zero-order chi connectivity index (χ0) is 16.3. The van der Waals surface area contributed by atoms with Crippen LogP contribution in [-0.2, 0) is 14.8 Å². The number of hydrogen-bond donors (Lipinski definition) is 1. The van der Waals surface area contributed by atoms with Crippen LogP contribution in [0.3, 0.4) is 0 Å². The van der Waals surface area contributed by atoms with Crippen LogP contribution >= 0.6 is 12.4 Å². The predicted octanol–water partition coefficient (Wildman–Crippen LogP) is 0.848. The highest BCUT2D eigenvalue weighted by Gasteiger charge is 2.31. The van der Waals surface area contributed by atoms with E-state index in [4.69, 9.17) is 5.73 Å². The van der Waals surface area contributed by atoms with Crippen molar-refractivity contribution in [1.29, 1.82) is 0 Å². The van der Waals surface area contributed by atoms with Crippen LogP contribution in [-0.4, -0.2) is 56.0 Å². The Morgan fingerprint density at radius 1 is 1.13 bits per heavy atom. The predicted molar refractivity (Wildman–Crippen MR) is 92.8 cm³/mol.